The summed E-state index contributed by atoms with van der Waals surface area (Å²) in [6.45, 7) is 2.86. The molecular weight excluding hydrogens is 318 g/mol. The normalized spacial score (nSPS) is 12.9. The minimum absolute atomic E-state index is 0.0337. The summed E-state index contributed by atoms with van der Waals surface area (Å²) in [7, 11) is 0. The Kier molecular flexibility index (Phi) is 17.1. The van der Waals surface area contributed by atoms with E-state index in [1.54, 1.807) is 0 Å². The summed E-state index contributed by atoms with van der Waals surface area (Å²) < 4.78 is 43.7. The van der Waals surface area contributed by atoms with E-state index in [9.17, 15) is 8.76 Å². The van der Waals surface area contributed by atoms with Gasteiger partial charge in [-0.15, -0.1) is 0 Å². The van der Waals surface area contributed by atoms with Crippen molar-refractivity contribution in [3.05, 3.63) is 0 Å². The van der Waals surface area contributed by atoms with Crippen LogP contribution in [0, 0.1) is 0 Å². The highest BCUT2D eigenvalue weighted by Crippen LogP contribution is 1.93. The Morgan fingerprint density at radius 1 is 0.727 bits per heavy atom. The van der Waals surface area contributed by atoms with Crippen LogP contribution in [0.4, 0.5) is 0 Å². The lowest BCUT2D eigenvalue weighted by atomic mass is 10.6. The number of aliphatic hydroxyl groups is 2. The Morgan fingerprint density at radius 2 is 1.09 bits per heavy atom. The van der Waals surface area contributed by atoms with Gasteiger partial charge in [-0.05, 0) is 0 Å². The molecule has 10 heteroatoms. The SMILES string of the molecule is O=S([O-])N(CCOCCOCCO)CCOCCOCCO. The molecule has 0 aromatic rings. The summed E-state index contributed by atoms with van der Waals surface area (Å²) in [6.07, 6.45) is 0. The second kappa shape index (κ2) is 17.2. The highest BCUT2D eigenvalue weighted by atomic mass is 32.2. The van der Waals surface area contributed by atoms with E-state index in [-0.39, 0.29) is 52.7 Å². The molecule has 0 aliphatic rings. The van der Waals surface area contributed by atoms with E-state index in [1.165, 1.54) is 4.31 Å². The molecule has 0 rings (SSSR count). The molecule has 0 bridgehead atoms. The molecular formula is C12H26NO8S-. The summed E-state index contributed by atoms with van der Waals surface area (Å²) in [5.74, 6) is 0. The number of nitrogens with zero attached hydrogens (tertiary/aromatic N) is 1. The van der Waals surface area contributed by atoms with Crippen molar-refractivity contribution in [1.29, 1.82) is 0 Å². The van der Waals surface area contributed by atoms with Crippen LogP contribution >= 0.6 is 0 Å². The average Bonchev–Trinajstić information content (AvgIpc) is 2.50. The van der Waals surface area contributed by atoms with Gasteiger partial charge in [0.15, 0.2) is 0 Å². The summed E-state index contributed by atoms with van der Waals surface area (Å²) in [4.78, 5) is 0. The number of aliphatic hydroxyl groups excluding tert-OH is 2. The molecule has 1 atom stereocenters. The topological polar surface area (TPSA) is 121 Å². The minimum atomic E-state index is -2.33. The number of hydrogen-bond acceptors (Lipinski definition) is 8. The first kappa shape index (κ1) is 21.8. The second-order valence-corrected chi connectivity index (χ2v) is 4.99. The highest BCUT2D eigenvalue weighted by molar-refractivity contribution is 7.76. The van der Waals surface area contributed by atoms with Crippen LogP contribution in [0.2, 0.25) is 0 Å². The van der Waals surface area contributed by atoms with Crippen LogP contribution in [-0.2, 0) is 30.2 Å². The molecule has 0 amide bonds. The number of hydrogen-bond donors (Lipinski definition) is 2. The molecule has 0 heterocycles. The molecule has 1 unspecified atom stereocenters. The van der Waals surface area contributed by atoms with Crippen LogP contribution in [0.3, 0.4) is 0 Å². The Labute approximate surface area is 133 Å². The fraction of sp³-hybridized carbons (Fsp3) is 1.00. The Hall–Kier alpha value is -0.170. The predicted molar refractivity (Wildman–Crippen MR) is 77.9 cm³/mol. The van der Waals surface area contributed by atoms with Gasteiger partial charge < -0.3 is 33.7 Å². The molecule has 0 aliphatic carbocycles. The molecule has 134 valence electrons. The standard InChI is InChI=1S/C12H27NO8S/c14-3-7-20-11-9-18-5-1-13(22(16)17)2-6-19-10-12-21-8-4-15/h14-15H,1-12H2,(H,16,17)/p-1. The first-order valence-electron chi connectivity index (χ1n) is 7.09. The zero-order chi connectivity index (χ0) is 16.5. The molecule has 0 radical (unpaired) electrons. The van der Waals surface area contributed by atoms with Crippen molar-refractivity contribution >= 4 is 11.3 Å². The van der Waals surface area contributed by atoms with Gasteiger partial charge in [0.05, 0.1) is 66.1 Å². The average molecular weight is 344 g/mol. The maximum absolute atomic E-state index is 11.0. The summed E-state index contributed by atoms with van der Waals surface area (Å²) in [5, 5.41) is 17.0. The third kappa shape index (κ3) is 14.8. The molecule has 0 spiro atoms. The van der Waals surface area contributed by atoms with Crippen molar-refractivity contribution < 1.29 is 37.9 Å². The fourth-order valence-electron chi connectivity index (χ4n) is 1.37. The van der Waals surface area contributed by atoms with Crippen molar-refractivity contribution in [2.24, 2.45) is 0 Å². The van der Waals surface area contributed by atoms with Gasteiger partial charge in [0.2, 0.25) is 0 Å². The lowest BCUT2D eigenvalue weighted by Gasteiger charge is -2.23. The van der Waals surface area contributed by atoms with Gasteiger partial charge in [-0.25, -0.2) is 4.31 Å². The number of ether oxygens (including phenoxy) is 4. The molecule has 0 aliphatic heterocycles. The van der Waals surface area contributed by atoms with Crippen molar-refractivity contribution in [3.8, 4) is 0 Å². The summed E-state index contributed by atoms with van der Waals surface area (Å²) >= 11 is -2.33. The Bertz CT molecular complexity index is 241. The van der Waals surface area contributed by atoms with Gasteiger partial charge in [-0.2, -0.15) is 0 Å². The molecule has 0 saturated carbocycles. The van der Waals surface area contributed by atoms with Crippen LogP contribution in [-0.4, -0.2) is 102 Å². The monoisotopic (exact) mass is 344 g/mol. The number of rotatable bonds is 17. The fourth-order valence-corrected chi connectivity index (χ4v) is 1.81. The van der Waals surface area contributed by atoms with E-state index in [0.29, 0.717) is 26.4 Å². The van der Waals surface area contributed by atoms with Gasteiger partial charge in [0.1, 0.15) is 0 Å². The summed E-state index contributed by atoms with van der Waals surface area (Å²) in [6, 6.07) is 0. The van der Waals surface area contributed by atoms with Crippen molar-refractivity contribution in [3.63, 3.8) is 0 Å². The first-order valence-corrected chi connectivity index (χ1v) is 8.12. The lowest BCUT2D eigenvalue weighted by Crippen LogP contribution is -2.33. The second-order valence-electron chi connectivity index (χ2n) is 4.04. The lowest BCUT2D eigenvalue weighted by molar-refractivity contribution is 0.0228. The molecule has 0 fully saturated rings. The third-order valence-electron chi connectivity index (χ3n) is 2.40. The first-order chi connectivity index (χ1) is 10.7. The van der Waals surface area contributed by atoms with E-state index in [0.717, 1.165) is 0 Å². The maximum Gasteiger partial charge on any atom is 0.0701 e. The largest absolute Gasteiger partial charge is 0.760 e. The van der Waals surface area contributed by atoms with E-state index < -0.39 is 11.3 Å². The van der Waals surface area contributed by atoms with Crippen molar-refractivity contribution in [2.45, 2.75) is 0 Å². The van der Waals surface area contributed by atoms with Gasteiger partial charge in [0.25, 0.3) is 0 Å². The van der Waals surface area contributed by atoms with E-state index >= 15 is 0 Å². The zero-order valence-corrected chi connectivity index (χ0v) is 13.5. The van der Waals surface area contributed by atoms with Crippen molar-refractivity contribution in [1.82, 2.24) is 4.31 Å². The van der Waals surface area contributed by atoms with E-state index in [2.05, 4.69) is 0 Å². The quantitative estimate of drug-likeness (QED) is 0.233. The van der Waals surface area contributed by atoms with Gasteiger partial charge >= 0.3 is 0 Å². The van der Waals surface area contributed by atoms with Gasteiger partial charge in [-0.3, -0.25) is 4.21 Å². The van der Waals surface area contributed by atoms with Crippen LogP contribution < -0.4 is 0 Å². The molecule has 0 aromatic heterocycles. The van der Waals surface area contributed by atoms with Gasteiger partial charge in [-0.1, -0.05) is 0 Å². The summed E-state index contributed by atoms with van der Waals surface area (Å²) in [5.41, 5.74) is 0. The minimum Gasteiger partial charge on any atom is -0.760 e. The molecule has 2 N–H and O–H groups in total. The Morgan fingerprint density at radius 3 is 1.41 bits per heavy atom. The van der Waals surface area contributed by atoms with E-state index in [1.807, 2.05) is 0 Å². The molecule has 0 saturated heterocycles. The van der Waals surface area contributed by atoms with Crippen molar-refractivity contribution in [2.75, 3.05) is 79.2 Å². The predicted octanol–water partition coefficient (Wildman–Crippen LogP) is -1.87. The van der Waals surface area contributed by atoms with Crippen LogP contribution in [0.5, 0.6) is 0 Å². The Balaban J connectivity index is 3.51. The third-order valence-corrected chi connectivity index (χ3v) is 3.18. The highest BCUT2D eigenvalue weighted by Gasteiger charge is 2.05. The van der Waals surface area contributed by atoms with E-state index in [4.69, 9.17) is 29.2 Å². The van der Waals surface area contributed by atoms with Crippen LogP contribution in [0.15, 0.2) is 0 Å². The molecule has 22 heavy (non-hydrogen) atoms. The maximum atomic E-state index is 11.0. The molecule has 9 nitrogen and oxygen atoms in total. The molecule has 0 aromatic carbocycles. The smallest absolute Gasteiger partial charge is 0.0701 e. The van der Waals surface area contributed by atoms with Crippen LogP contribution in [0.25, 0.3) is 0 Å². The van der Waals surface area contributed by atoms with Crippen LogP contribution in [0.1, 0.15) is 0 Å². The zero-order valence-electron chi connectivity index (χ0n) is 12.7. The van der Waals surface area contributed by atoms with Gasteiger partial charge in [0, 0.05) is 24.4 Å².